The summed E-state index contributed by atoms with van der Waals surface area (Å²) in [4.78, 5) is 17.4. The fraction of sp³-hybridized carbons (Fsp3) is 0.667. The molecule has 0 N–H and O–H groups in total. The first-order valence-corrected chi connectivity index (χ1v) is 9.69. The number of nitrogens with zero attached hydrogens (tertiary/aromatic N) is 2. The van der Waals surface area contributed by atoms with Crippen molar-refractivity contribution < 1.29 is 13.9 Å². The first-order valence-electron chi connectivity index (χ1n) is 9.69. The standard InChI is InChI=1S/C21H31FN2O2/c1-21(2,3)24(13-16-5-4-6-18(22)11-16)20(25)14-23(19-7-8-19)12-17-9-10-26-15-17/h4-6,11,17,19H,7-10,12-15H2,1-3H3. The third-order valence-corrected chi connectivity index (χ3v) is 5.26. The lowest BCUT2D eigenvalue weighted by Crippen LogP contribution is -2.50. The molecule has 0 bridgehead atoms. The molecule has 0 radical (unpaired) electrons. The van der Waals surface area contributed by atoms with Gasteiger partial charge in [0.2, 0.25) is 5.91 Å². The van der Waals surface area contributed by atoms with Crippen LogP contribution in [-0.4, -0.2) is 53.6 Å². The van der Waals surface area contributed by atoms with Crippen LogP contribution in [0.3, 0.4) is 0 Å². The number of halogens is 1. The Balaban J connectivity index is 1.67. The lowest BCUT2D eigenvalue weighted by atomic mass is 10.0. The molecule has 3 rings (SSSR count). The SMILES string of the molecule is CC(C)(C)N(Cc1cccc(F)c1)C(=O)CN(CC1CCOC1)C1CC1. The lowest BCUT2D eigenvalue weighted by Gasteiger charge is -2.37. The molecule has 5 heteroatoms. The minimum Gasteiger partial charge on any atom is -0.381 e. The second kappa shape index (κ2) is 8.05. The molecule has 4 nitrogen and oxygen atoms in total. The highest BCUT2D eigenvalue weighted by molar-refractivity contribution is 5.79. The van der Waals surface area contributed by atoms with Crippen LogP contribution in [-0.2, 0) is 16.1 Å². The van der Waals surface area contributed by atoms with E-state index in [-0.39, 0.29) is 17.3 Å². The molecule has 1 saturated heterocycles. The van der Waals surface area contributed by atoms with Crippen LogP contribution in [0.5, 0.6) is 0 Å². The molecule has 1 aromatic carbocycles. The van der Waals surface area contributed by atoms with Gasteiger partial charge in [-0.15, -0.1) is 0 Å². The third-order valence-electron chi connectivity index (χ3n) is 5.26. The van der Waals surface area contributed by atoms with Gasteiger partial charge in [0.25, 0.3) is 0 Å². The molecule has 0 spiro atoms. The smallest absolute Gasteiger partial charge is 0.237 e. The molecule has 1 atom stereocenters. The van der Waals surface area contributed by atoms with Crippen molar-refractivity contribution in [2.75, 3.05) is 26.3 Å². The highest BCUT2D eigenvalue weighted by Crippen LogP contribution is 2.29. The van der Waals surface area contributed by atoms with Crippen molar-refractivity contribution in [1.29, 1.82) is 0 Å². The van der Waals surface area contributed by atoms with Crippen molar-refractivity contribution in [3.63, 3.8) is 0 Å². The first-order chi connectivity index (χ1) is 12.3. The Labute approximate surface area is 156 Å². The van der Waals surface area contributed by atoms with Crippen LogP contribution >= 0.6 is 0 Å². The Morgan fingerprint density at radius 2 is 2.04 bits per heavy atom. The van der Waals surface area contributed by atoms with Crippen molar-refractivity contribution in [3.05, 3.63) is 35.6 Å². The van der Waals surface area contributed by atoms with E-state index in [1.54, 1.807) is 6.07 Å². The van der Waals surface area contributed by atoms with Gasteiger partial charge >= 0.3 is 0 Å². The Morgan fingerprint density at radius 3 is 2.62 bits per heavy atom. The molecule has 2 aliphatic rings. The second-order valence-corrected chi connectivity index (χ2v) is 8.67. The Morgan fingerprint density at radius 1 is 1.27 bits per heavy atom. The predicted octanol–water partition coefficient (Wildman–Crippen LogP) is 3.45. The van der Waals surface area contributed by atoms with Crippen molar-refractivity contribution >= 4 is 5.91 Å². The van der Waals surface area contributed by atoms with Gasteiger partial charge in [-0.2, -0.15) is 0 Å². The quantitative estimate of drug-likeness (QED) is 0.745. The normalized spacial score (nSPS) is 20.6. The zero-order valence-electron chi connectivity index (χ0n) is 16.2. The lowest BCUT2D eigenvalue weighted by molar-refractivity contribution is -0.138. The van der Waals surface area contributed by atoms with Crippen LogP contribution in [0.4, 0.5) is 4.39 Å². The van der Waals surface area contributed by atoms with E-state index >= 15 is 0 Å². The Bertz CT molecular complexity index is 619. The molecule has 1 aliphatic carbocycles. The van der Waals surface area contributed by atoms with E-state index in [0.29, 0.717) is 25.0 Å². The number of amides is 1. The van der Waals surface area contributed by atoms with Crippen molar-refractivity contribution in [2.45, 2.75) is 58.2 Å². The van der Waals surface area contributed by atoms with Gasteiger partial charge < -0.3 is 9.64 Å². The van der Waals surface area contributed by atoms with Crippen molar-refractivity contribution in [1.82, 2.24) is 9.80 Å². The summed E-state index contributed by atoms with van der Waals surface area (Å²) in [5.41, 5.74) is 0.519. The molecule has 0 aromatic heterocycles. The van der Waals surface area contributed by atoms with Gasteiger partial charge in [0.15, 0.2) is 0 Å². The molecule has 1 unspecified atom stereocenters. The Hall–Kier alpha value is -1.46. The van der Waals surface area contributed by atoms with Crippen molar-refractivity contribution in [3.8, 4) is 0 Å². The largest absolute Gasteiger partial charge is 0.381 e. The summed E-state index contributed by atoms with van der Waals surface area (Å²) < 4.78 is 19.0. The number of benzene rings is 1. The van der Waals surface area contributed by atoms with Crippen molar-refractivity contribution in [2.24, 2.45) is 5.92 Å². The van der Waals surface area contributed by atoms with Crippen LogP contribution < -0.4 is 0 Å². The zero-order valence-corrected chi connectivity index (χ0v) is 16.2. The molecule has 1 aliphatic heterocycles. The summed E-state index contributed by atoms with van der Waals surface area (Å²) in [6.45, 7) is 9.57. The van der Waals surface area contributed by atoms with Crippen LogP contribution in [0, 0.1) is 11.7 Å². The topological polar surface area (TPSA) is 32.8 Å². The fourth-order valence-corrected chi connectivity index (χ4v) is 3.62. The van der Waals surface area contributed by atoms with E-state index in [1.807, 2.05) is 31.7 Å². The molecule has 144 valence electrons. The highest BCUT2D eigenvalue weighted by atomic mass is 19.1. The van der Waals surface area contributed by atoms with Gasteiger partial charge in [-0.25, -0.2) is 4.39 Å². The molecular weight excluding hydrogens is 331 g/mol. The number of carbonyl (C=O) groups is 1. The first kappa shape index (κ1) is 19.3. The van der Waals surface area contributed by atoms with Crippen LogP contribution in [0.1, 0.15) is 45.6 Å². The maximum atomic E-state index is 13.5. The molecule has 1 amide bonds. The molecular formula is C21H31FN2O2. The molecule has 1 heterocycles. The van der Waals surface area contributed by atoms with E-state index in [2.05, 4.69) is 4.90 Å². The van der Waals surface area contributed by atoms with E-state index in [1.165, 1.54) is 25.0 Å². The van der Waals surface area contributed by atoms with Gasteiger partial charge in [-0.1, -0.05) is 12.1 Å². The summed E-state index contributed by atoms with van der Waals surface area (Å²) in [6, 6.07) is 7.07. The molecule has 26 heavy (non-hydrogen) atoms. The summed E-state index contributed by atoms with van der Waals surface area (Å²) in [5, 5.41) is 0. The number of carbonyl (C=O) groups excluding carboxylic acids is 1. The van der Waals surface area contributed by atoms with Crippen LogP contribution in [0.15, 0.2) is 24.3 Å². The van der Waals surface area contributed by atoms with E-state index in [9.17, 15) is 9.18 Å². The predicted molar refractivity (Wildman–Crippen MR) is 100 cm³/mol. The molecule has 1 saturated carbocycles. The van der Waals surface area contributed by atoms with E-state index < -0.39 is 0 Å². The fourth-order valence-electron chi connectivity index (χ4n) is 3.62. The van der Waals surface area contributed by atoms with Gasteiger partial charge in [-0.05, 0) is 63.6 Å². The average Bonchev–Trinajstić information content (AvgIpc) is 3.28. The minimum absolute atomic E-state index is 0.118. The summed E-state index contributed by atoms with van der Waals surface area (Å²) in [5.74, 6) is 0.395. The number of hydrogen-bond donors (Lipinski definition) is 0. The minimum atomic E-state index is -0.310. The van der Waals surface area contributed by atoms with Crippen LogP contribution in [0.2, 0.25) is 0 Å². The zero-order chi connectivity index (χ0) is 18.7. The second-order valence-electron chi connectivity index (χ2n) is 8.67. The van der Waals surface area contributed by atoms with E-state index in [4.69, 9.17) is 4.74 Å². The van der Waals surface area contributed by atoms with Gasteiger partial charge in [-0.3, -0.25) is 9.69 Å². The number of rotatable bonds is 7. The maximum Gasteiger partial charge on any atom is 0.237 e. The monoisotopic (exact) mass is 362 g/mol. The molecule has 2 fully saturated rings. The average molecular weight is 362 g/mol. The summed E-state index contributed by atoms with van der Waals surface area (Å²) in [7, 11) is 0. The maximum absolute atomic E-state index is 13.5. The van der Waals surface area contributed by atoms with Gasteiger partial charge in [0.1, 0.15) is 5.82 Å². The Kier molecular flexibility index (Phi) is 5.98. The highest BCUT2D eigenvalue weighted by Gasteiger charge is 2.35. The summed E-state index contributed by atoms with van der Waals surface area (Å²) in [6.07, 6.45) is 3.45. The number of hydrogen-bond acceptors (Lipinski definition) is 3. The van der Waals surface area contributed by atoms with Gasteiger partial charge in [0, 0.05) is 31.3 Å². The van der Waals surface area contributed by atoms with Gasteiger partial charge in [0.05, 0.1) is 13.2 Å². The van der Waals surface area contributed by atoms with Crippen LogP contribution in [0.25, 0.3) is 0 Å². The number of ether oxygens (including phenoxy) is 1. The molecule has 1 aromatic rings. The van der Waals surface area contributed by atoms with E-state index in [0.717, 1.165) is 31.7 Å². The third kappa shape index (κ3) is 5.27. The summed E-state index contributed by atoms with van der Waals surface area (Å²) >= 11 is 0.